The number of piperazine rings is 1. The van der Waals surface area contributed by atoms with E-state index < -0.39 is 12.1 Å². The van der Waals surface area contributed by atoms with Crippen LogP contribution in [0.1, 0.15) is 11.6 Å². The molecule has 6 nitrogen and oxygen atoms in total. The first kappa shape index (κ1) is 21.1. The molecule has 7 heteroatoms. The van der Waals surface area contributed by atoms with Crippen molar-refractivity contribution in [1.29, 1.82) is 0 Å². The number of halogens is 1. The van der Waals surface area contributed by atoms with E-state index in [1.165, 1.54) is 29.1 Å². The number of aliphatic imine (C=N–C) groups is 1. The first-order valence-corrected chi connectivity index (χ1v) is 11.2. The molecule has 1 aromatic heterocycles. The lowest BCUT2D eigenvalue weighted by Gasteiger charge is -2.38. The van der Waals surface area contributed by atoms with Gasteiger partial charge < -0.3 is 9.80 Å². The van der Waals surface area contributed by atoms with Crippen molar-refractivity contribution in [3.05, 3.63) is 89.0 Å². The Morgan fingerprint density at radius 3 is 2.39 bits per heavy atom. The summed E-state index contributed by atoms with van der Waals surface area (Å²) in [6, 6.07) is 20.3. The highest BCUT2D eigenvalue weighted by molar-refractivity contribution is 5.78. The highest BCUT2D eigenvalue weighted by Crippen LogP contribution is 2.32. The molecule has 2 aliphatic rings. The lowest BCUT2D eigenvalue weighted by Crippen LogP contribution is -2.48. The molecule has 2 aromatic carbocycles. The van der Waals surface area contributed by atoms with E-state index in [1.807, 2.05) is 6.07 Å². The monoisotopic (exact) mass is 443 g/mol. The number of anilines is 2. The van der Waals surface area contributed by atoms with Crippen molar-refractivity contribution >= 4 is 17.9 Å². The maximum Gasteiger partial charge on any atom is 0.254 e. The zero-order chi connectivity index (χ0) is 22.8. The third kappa shape index (κ3) is 4.18. The molecule has 0 radical (unpaired) electrons. The number of para-hydroxylation sites is 1. The van der Waals surface area contributed by atoms with Gasteiger partial charge >= 0.3 is 0 Å². The first-order chi connectivity index (χ1) is 16.1. The molecule has 0 bridgehead atoms. The fourth-order valence-electron chi connectivity index (χ4n) is 4.49. The predicted molar refractivity (Wildman–Crippen MR) is 131 cm³/mol. The summed E-state index contributed by atoms with van der Waals surface area (Å²) < 4.78 is 15.9. The number of benzene rings is 2. The zero-order valence-electron chi connectivity index (χ0n) is 18.5. The van der Waals surface area contributed by atoms with Gasteiger partial charge in [-0.15, -0.1) is 0 Å². The van der Waals surface area contributed by atoms with Crippen LogP contribution in [0, 0.1) is 0 Å². The standard InChI is InChI=1S/C26H26FN5O/c1-30-25(33)17-23(21-11-12-28-18-22(21)27)29-26(30)32-15-13-31(14-16-32)24-10-6-5-9-20(24)19-7-3-2-4-8-19/h2-12,17-18,21-22H,13-16H2,1H3. The Kier molecular flexibility index (Phi) is 5.77. The van der Waals surface area contributed by atoms with Crippen molar-refractivity contribution in [2.75, 3.05) is 36.0 Å². The van der Waals surface area contributed by atoms with E-state index in [9.17, 15) is 9.18 Å². The van der Waals surface area contributed by atoms with Crippen LogP contribution in [0.3, 0.4) is 0 Å². The van der Waals surface area contributed by atoms with Crippen LogP contribution in [0.15, 0.2) is 82.7 Å². The van der Waals surface area contributed by atoms with E-state index in [2.05, 4.69) is 63.3 Å². The maximum absolute atomic E-state index is 14.4. The number of alkyl halides is 1. The molecule has 3 aromatic rings. The minimum absolute atomic E-state index is 0.185. The van der Waals surface area contributed by atoms with Gasteiger partial charge in [0.25, 0.3) is 5.56 Å². The smallest absolute Gasteiger partial charge is 0.254 e. The van der Waals surface area contributed by atoms with Crippen LogP contribution in [0.4, 0.5) is 16.0 Å². The van der Waals surface area contributed by atoms with Crippen molar-refractivity contribution in [1.82, 2.24) is 9.55 Å². The molecular formula is C26H26FN5O. The Morgan fingerprint density at radius 1 is 0.939 bits per heavy atom. The number of hydrogen-bond acceptors (Lipinski definition) is 5. The van der Waals surface area contributed by atoms with Crippen LogP contribution < -0.4 is 15.4 Å². The molecular weight excluding hydrogens is 417 g/mol. The van der Waals surface area contributed by atoms with Gasteiger partial charge in [0, 0.05) is 63.0 Å². The van der Waals surface area contributed by atoms with E-state index in [1.54, 1.807) is 23.9 Å². The second-order valence-electron chi connectivity index (χ2n) is 8.35. The average molecular weight is 444 g/mol. The molecule has 5 rings (SSSR count). The first-order valence-electron chi connectivity index (χ1n) is 11.2. The highest BCUT2D eigenvalue weighted by atomic mass is 19.1. The molecule has 3 heterocycles. The van der Waals surface area contributed by atoms with Gasteiger partial charge in [-0.25, -0.2) is 9.37 Å². The van der Waals surface area contributed by atoms with Gasteiger partial charge in [0.05, 0.1) is 11.6 Å². The fourth-order valence-corrected chi connectivity index (χ4v) is 4.49. The van der Waals surface area contributed by atoms with E-state index in [-0.39, 0.29) is 5.56 Å². The largest absolute Gasteiger partial charge is 0.367 e. The molecule has 1 saturated heterocycles. The van der Waals surface area contributed by atoms with E-state index >= 15 is 0 Å². The Labute approximate surface area is 192 Å². The Morgan fingerprint density at radius 2 is 1.64 bits per heavy atom. The topological polar surface area (TPSA) is 53.7 Å². The summed E-state index contributed by atoms with van der Waals surface area (Å²) in [5, 5.41) is 0. The molecule has 0 N–H and O–H groups in total. The minimum atomic E-state index is -1.28. The average Bonchev–Trinajstić information content (AvgIpc) is 2.87. The molecule has 0 spiro atoms. The zero-order valence-corrected chi connectivity index (χ0v) is 18.5. The van der Waals surface area contributed by atoms with Gasteiger partial charge in [-0.2, -0.15) is 0 Å². The molecule has 0 saturated carbocycles. The number of allylic oxidation sites excluding steroid dienone is 1. The van der Waals surface area contributed by atoms with Crippen molar-refractivity contribution < 1.29 is 4.39 Å². The normalized spacial score (nSPS) is 20.3. The summed E-state index contributed by atoms with van der Waals surface area (Å²) in [6.45, 7) is 3.03. The lowest BCUT2D eigenvalue weighted by molar-refractivity contribution is 0.393. The predicted octanol–water partition coefficient (Wildman–Crippen LogP) is 3.79. The second-order valence-corrected chi connectivity index (χ2v) is 8.35. The highest BCUT2D eigenvalue weighted by Gasteiger charge is 2.26. The summed E-state index contributed by atoms with van der Waals surface area (Å²) >= 11 is 0. The van der Waals surface area contributed by atoms with Crippen LogP contribution in [0.2, 0.25) is 0 Å². The van der Waals surface area contributed by atoms with E-state index in [0.29, 0.717) is 24.7 Å². The Bertz CT molecular complexity index is 1250. The SMILES string of the molecule is Cn1c(N2CCN(c3ccccc3-c3ccccc3)CC2)nc(C2C=CN=CC2F)cc1=O. The van der Waals surface area contributed by atoms with Crippen molar-refractivity contribution in [3.8, 4) is 11.1 Å². The minimum Gasteiger partial charge on any atom is -0.367 e. The summed E-state index contributed by atoms with van der Waals surface area (Å²) in [6.07, 6.45) is 3.19. The third-order valence-corrected chi connectivity index (χ3v) is 6.32. The quantitative estimate of drug-likeness (QED) is 0.616. The van der Waals surface area contributed by atoms with Gasteiger partial charge in [0.15, 0.2) is 0 Å². The van der Waals surface area contributed by atoms with Crippen molar-refractivity contribution in [3.63, 3.8) is 0 Å². The van der Waals surface area contributed by atoms with Crippen molar-refractivity contribution in [2.24, 2.45) is 12.0 Å². The van der Waals surface area contributed by atoms with Crippen LogP contribution in [0.25, 0.3) is 11.1 Å². The van der Waals surface area contributed by atoms with Crippen LogP contribution >= 0.6 is 0 Å². The summed E-state index contributed by atoms with van der Waals surface area (Å²) in [5.41, 5.74) is 3.86. The lowest BCUT2D eigenvalue weighted by atomic mass is 9.98. The second kappa shape index (κ2) is 9.02. The number of rotatable bonds is 4. The maximum atomic E-state index is 14.4. The third-order valence-electron chi connectivity index (χ3n) is 6.32. The van der Waals surface area contributed by atoms with Gasteiger partial charge in [-0.3, -0.25) is 14.4 Å². The fraction of sp³-hybridized carbons (Fsp3) is 0.269. The molecule has 1 fully saturated rings. The number of nitrogens with zero attached hydrogens (tertiary/aromatic N) is 5. The summed E-state index contributed by atoms with van der Waals surface area (Å²) in [5.74, 6) is -0.00852. The summed E-state index contributed by atoms with van der Waals surface area (Å²) in [7, 11) is 1.72. The van der Waals surface area contributed by atoms with Gasteiger partial charge in [-0.1, -0.05) is 54.6 Å². The number of hydrogen-bond donors (Lipinski definition) is 0. The number of aromatic nitrogens is 2. The molecule has 2 aliphatic heterocycles. The van der Waals surface area contributed by atoms with Gasteiger partial charge in [0.2, 0.25) is 5.95 Å². The summed E-state index contributed by atoms with van der Waals surface area (Å²) in [4.78, 5) is 25.7. The Balaban J connectivity index is 1.38. The van der Waals surface area contributed by atoms with Crippen LogP contribution in [0.5, 0.6) is 0 Å². The molecule has 33 heavy (non-hydrogen) atoms. The molecule has 0 aliphatic carbocycles. The Hall–Kier alpha value is -3.74. The van der Waals surface area contributed by atoms with Gasteiger partial charge in [0.1, 0.15) is 6.17 Å². The van der Waals surface area contributed by atoms with Crippen molar-refractivity contribution in [2.45, 2.75) is 12.1 Å². The molecule has 0 amide bonds. The van der Waals surface area contributed by atoms with E-state index in [0.717, 1.165) is 13.1 Å². The molecule has 2 unspecified atom stereocenters. The van der Waals surface area contributed by atoms with Gasteiger partial charge in [-0.05, 0) is 11.6 Å². The molecule has 2 atom stereocenters. The van der Waals surface area contributed by atoms with E-state index in [4.69, 9.17) is 4.98 Å². The van der Waals surface area contributed by atoms with Crippen LogP contribution in [-0.2, 0) is 7.05 Å². The molecule has 168 valence electrons. The van der Waals surface area contributed by atoms with Crippen LogP contribution in [-0.4, -0.2) is 48.1 Å².